The van der Waals surface area contributed by atoms with Gasteiger partial charge >= 0.3 is 6.03 Å². The van der Waals surface area contributed by atoms with E-state index in [-0.39, 0.29) is 12.5 Å². The molecule has 218 valence electrons. The van der Waals surface area contributed by atoms with E-state index in [0.29, 0.717) is 34.8 Å². The molecule has 3 amide bonds. The Bertz CT molecular complexity index is 1400. The molecule has 4 saturated carbocycles. The molecule has 0 radical (unpaired) electrons. The molecule has 8 heteroatoms. The summed E-state index contributed by atoms with van der Waals surface area (Å²) < 4.78 is 11.5. The number of urea groups is 1. The zero-order chi connectivity index (χ0) is 28.9. The van der Waals surface area contributed by atoms with Gasteiger partial charge in [-0.3, -0.25) is 4.79 Å². The molecule has 0 aliphatic heterocycles. The third-order valence-corrected chi connectivity index (χ3v) is 8.86. The van der Waals surface area contributed by atoms with Crippen molar-refractivity contribution in [3.05, 3.63) is 83.9 Å². The van der Waals surface area contributed by atoms with Crippen molar-refractivity contribution in [3.63, 3.8) is 0 Å². The highest BCUT2D eigenvalue weighted by Crippen LogP contribution is 2.60. The molecule has 8 nitrogen and oxygen atoms in total. The second-order valence-corrected chi connectivity index (χ2v) is 11.9. The first-order valence-electron chi connectivity index (χ1n) is 14.9. The average molecular weight is 567 g/mol. The number of carbonyl (C=O) groups excluding carboxylic acids is 2. The number of benzene rings is 3. The topological polar surface area (TPSA) is 101 Å². The SMILES string of the molecule is CCOc1cc(/C=N/NC(=O)Nc2ccccc2)ccc1OCC(=O)Nc1ccc(C23CC4CC(CC(C4)C2)C3)cc1. The molecule has 3 N–H and O–H groups in total. The van der Waals surface area contributed by atoms with E-state index in [1.165, 1.54) is 50.3 Å². The number of hydrogen-bond donors (Lipinski definition) is 3. The van der Waals surface area contributed by atoms with Gasteiger partial charge in [0.25, 0.3) is 5.91 Å². The fourth-order valence-corrected chi connectivity index (χ4v) is 7.55. The van der Waals surface area contributed by atoms with E-state index in [1.54, 1.807) is 30.3 Å². The summed E-state index contributed by atoms with van der Waals surface area (Å²) in [6.45, 7) is 2.15. The number of para-hydroxylation sites is 1. The van der Waals surface area contributed by atoms with Crippen LogP contribution in [-0.2, 0) is 10.2 Å². The number of anilines is 2. The van der Waals surface area contributed by atoms with Gasteiger partial charge in [0, 0.05) is 11.4 Å². The second kappa shape index (κ2) is 12.3. The van der Waals surface area contributed by atoms with Gasteiger partial charge in [-0.15, -0.1) is 0 Å². The van der Waals surface area contributed by atoms with Crippen LogP contribution in [-0.4, -0.2) is 31.4 Å². The zero-order valence-corrected chi connectivity index (χ0v) is 24.0. The summed E-state index contributed by atoms with van der Waals surface area (Å²) in [5.74, 6) is 3.41. The normalized spacial score (nSPS) is 23.9. The van der Waals surface area contributed by atoms with Crippen molar-refractivity contribution in [2.45, 2.75) is 50.9 Å². The molecule has 0 heterocycles. The lowest BCUT2D eigenvalue weighted by atomic mass is 9.48. The summed E-state index contributed by atoms with van der Waals surface area (Å²) in [5.41, 5.74) is 6.37. The van der Waals surface area contributed by atoms with E-state index in [4.69, 9.17) is 9.47 Å². The molecular formula is C34H38N4O4. The van der Waals surface area contributed by atoms with E-state index in [9.17, 15) is 9.59 Å². The van der Waals surface area contributed by atoms with Gasteiger partial charge in [-0.25, -0.2) is 10.2 Å². The van der Waals surface area contributed by atoms with Crippen molar-refractivity contribution in [1.29, 1.82) is 0 Å². The predicted molar refractivity (Wildman–Crippen MR) is 164 cm³/mol. The monoisotopic (exact) mass is 566 g/mol. The van der Waals surface area contributed by atoms with Gasteiger partial charge in [-0.2, -0.15) is 5.10 Å². The summed E-state index contributed by atoms with van der Waals surface area (Å²) in [7, 11) is 0. The molecule has 0 atom stereocenters. The zero-order valence-electron chi connectivity index (χ0n) is 24.0. The van der Waals surface area contributed by atoms with E-state index < -0.39 is 6.03 Å². The Balaban J connectivity index is 1.01. The molecule has 42 heavy (non-hydrogen) atoms. The van der Waals surface area contributed by atoms with E-state index in [0.717, 1.165) is 23.4 Å². The van der Waals surface area contributed by atoms with Gasteiger partial charge in [0.15, 0.2) is 18.1 Å². The molecular weight excluding hydrogens is 528 g/mol. The lowest BCUT2D eigenvalue weighted by molar-refractivity contribution is -0.118. The Kier molecular flexibility index (Phi) is 8.13. The van der Waals surface area contributed by atoms with Gasteiger partial charge in [-0.05, 0) is 122 Å². The van der Waals surface area contributed by atoms with Crippen molar-refractivity contribution in [3.8, 4) is 11.5 Å². The van der Waals surface area contributed by atoms with Crippen LogP contribution in [0.1, 0.15) is 56.6 Å². The smallest absolute Gasteiger partial charge is 0.339 e. The Hall–Kier alpha value is -4.33. The van der Waals surface area contributed by atoms with Crippen LogP contribution in [0.15, 0.2) is 77.9 Å². The standard InChI is InChI=1S/C34H38N4O4/c1-2-41-31-17-23(21-35-38-33(40)37-28-6-4-3-5-7-28)8-13-30(31)42-22-32(39)36-29-11-9-27(10-12-29)34-18-24-14-25(19-34)16-26(15-24)20-34/h3-13,17,21,24-26H,2,14-16,18-20,22H2,1H3,(H,36,39)(H2,37,38,40)/b35-21+. The van der Waals surface area contributed by atoms with Gasteiger partial charge in [0.05, 0.1) is 12.8 Å². The van der Waals surface area contributed by atoms with Gasteiger partial charge in [-0.1, -0.05) is 30.3 Å². The largest absolute Gasteiger partial charge is 0.490 e. The molecule has 3 aromatic carbocycles. The van der Waals surface area contributed by atoms with Crippen LogP contribution in [0.4, 0.5) is 16.2 Å². The van der Waals surface area contributed by atoms with Crippen molar-refractivity contribution < 1.29 is 19.1 Å². The first kappa shape index (κ1) is 27.8. The minimum atomic E-state index is -0.448. The highest BCUT2D eigenvalue weighted by atomic mass is 16.5. The Morgan fingerprint density at radius 2 is 1.50 bits per heavy atom. The van der Waals surface area contributed by atoms with Crippen LogP contribution in [0, 0.1) is 17.8 Å². The number of carbonyl (C=O) groups is 2. The van der Waals surface area contributed by atoms with Crippen molar-refractivity contribution in [2.75, 3.05) is 23.8 Å². The number of amides is 3. The number of nitrogens with one attached hydrogen (secondary N) is 3. The maximum absolute atomic E-state index is 12.7. The van der Waals surface area contributed by atoms with Crippen LogP contribution in [0.25, 0.3) is 0 Å². The first-order valence-corrected chi connectivity index (χ1v) is 14.9. The molecule has 4 aliphatic rings. The van der Waals surface area contributed by atoms with Crippen LogP contribution >= 0.6 is 0 Å². The Morgan fingerprint density at radius 1 is 0.833 bits per heavy atom. The minimum absolute atomic E-state index is 0.147. The quantitative estimate of drug-likeness (QED) is 0.187. The Morgan fingerprint density at radius 3 is 2.17 bits per heavy atom. The van der Waals surface area contributed by atoms with Crippen LogP contribution in [0.3, 0.4) is 0 Å². The second-order valence-electron chi connectivity index (χ2n) is 11.9. The number of rotatable bonds is 10. The summed E-state index contributed by atoms with van der Waals surface area (Å²) in [4.78, 5) is 24.8. The molecule has 0 aromatic heterocycles. The van der Waals surface area contributed by atoms with Gasteiger partial charge in [0.2, 0.25) is 0 Å². The fraction of sp³-hybridized carbons (Fsp3) is 0.382. The molecule has 4 aliphatic carbocycles. The predicted octanol–water partition coefficient (Wildman–Crippen LogP) is 6.73. The molecule has 0 saturated heterocycles. The third-order valence-electron chi connectivity index (χ3n) is 8.86. The lowest BCUT2D eigenvalue weighted by Crippen LogP contribution is -2.48. The number of ether oxygens (including phenoxy) is 2. The van der Waals surface area contributed by atoms with Gasteiger partial charge < -0.3 is 20.1 Å². The van der Waals surface area contributed by atoms with E-state index in [1.807, 2.05) is 37.3 Å². The summed E-state index contributed by atoms with van der Waals surface area (Å²) in [5, 5.41) is 9.66. The summed E-state index contributed by atoms with van der Waals surface area (Å²) in [6, 6.07) is 22.4. The van der Waals surface area contributed by atoms with Gasteiger partial charge in [0.1, 0.15) is 0 Å². The van der Waals surface area contributed by atoms with Crippen LogP contribution < -0.4 is 25.5 Å². The average Bonchev–Trinajstić information content (AvgIpc) is 2.97. The highest BCUT2D eigenvalue weighted by molar-refractivity contribution is 5.92. The molecule has 4 bridgehead atoms. The maximum Gasteiger partial charge on any atom is 0.339 e. The molecule has 0 unspecified atom stereocenters. The first-order chi connectivity index (χ1) is 20.5. The van der Waals surface area contributed by atoms with Crippen molar-refractivity contribution >= 4 is 29.5 Å². The Labute approximate surface area is 246 Å². The third kappa shape index (κ3) is 6.43. The summed E-state index contributed by atoms with van der Waals surface area (Å²) >= 11 is 0. The molecule has 3 aromatic rings. The minimum Gasteiger partial charge on any atom is -0.490 e. The maximum atomic E-state index is 12.7. The van der Waals surface area contributed by atoms with E-state index >= 15 is 0 Å². The fourth-order valence-electron chi connectivity index (χ4n) is 7.55. The van der Waals surface area contributed by atoms with E-state index in [2.05, 4.69) is 33.3 Å². The lowest BCUT2D eigenvalue weighted by Gasteiger charge is -2.57. The van der Waals surface area contributed by atoms with Crippen LogP contribution in [0.5, 0.6) is 11.5 Å². The summed E-state index contributed by atoms with van der Waals surface area (Å²) in [6.07, 6.45) is 9.78. The number of hydrazone groups is 1. The highest BCUT2D eigenvalue weighted by Gasteiger charge is 2.51. The van der Waals surface area contributed by atoms with Crippen molar-refractivity contribution in [1.82, 2.24) is 5.43 Å². The van der Waals surface area contributed by atoms with Crippen LogP contribution in [0.2, 0.25) is 0 Å². The molecule has 4 fully saturated rings. The molecule has 0 spiro atoms. The van der Waals surface area contributed by atoms with Crippen molar-refractivity contribution in [2.24, 2.45) is 22.9 Å². The number of hydrogen-bond acceptors (Lipinski definition) is 5. The number of nitrogens with zero attached hydrogens (tertiary/aromatic N) is 1. The molecule has 7 rings (SSSR count).